The first-order valence-electron chi connectivity index (χ1n) is 6.25. The lowest BCUT2D eigenvalue weighted by molar-refractivity contribution is 0.839. The number of hydrogen-bond acceptors (Lipinski definition) is 3. The summed E-state index contributed by atoms with van der Waals surface area (Å²) in [5, 5.41) is 5.30. The van der Waals surface area contributed by atoms with Crippen LogP contribution >= 0.6 is 0 Å². The summed E-state index contributed by atoms with van der Waals surface area (Å²) in [4.78, 5) is 16.7. The molecule has 0 N–H and O–H groups in total. The zero-order chi connectivity index (χ0) is 13.5. The lowest BCUT2D eigenvalue weighted by atomic mass is 10.2. The maximum Gasteiger partial charge on any atom is 0.355 e. The summed E-state index contributed by atoms with van der Waals surface area (Å²) >= 11 is 0. The molecule has 5 heteroatoms. The van der Waals surface area contributed by atoms with Gasteiger partial charge in [-0.1, -0.05) is 18.2 Å². The van der Waals surface area contributed by atoms with Gasteiger partial charge in [0.05, 0.1) is 11.2 Å². The van der Waals surface area contributed by atoms with Crippen LogP contribution in [0, 0.1) is 0 Å². The smallest absolute Gasteiger partial charge is 0.256 e. The normalized spacial score (nSPS) is 11.2. The third kappa shape index (κ3) is 1.46. The fraction of sp³-hybridized carbons (Fsp3) is 0. The van der Waals surface area contributed by atoms with Gasteiger partial charge in [-0.2, -0.15) is 4.68 Å². The summed E-state index contributed by atoms with van der Waals surface area (Å²) in [6, 6.07) is 15.0. The van der Waals surface area contributed by atoms with Gasteiger partial charge in [-0.3, -0.25) is 4.98 Å². The number of rotatable bonds is 1. The second-order valence-electron chi connectivity index (χ2n) is 4.48. The van der Waals surface area contributed by atoms with E-state index in [2.05, 4.69) is 10.1 Å². The number of hydrogen-bond donors (Lipinski definition) is 0. The van der Waals surface area contributed by atoms with E-state index in [9.17, 15) is 4.79 Å². The first-order chi connectivity index (χ1) is 9.84. The van der Waals surface area contributed by atoms with Crippen LogP contribution in [0.1, 0.15) is 0 Å². The number of fused-ring (bicyclic) bond motifs is 3. The topological polar surface area (TPSA) is 52.2 Å². The van der Waals surface area contributed by atoms with Gasteiger partial charge in [0.1, 0.15) is 0 Å². The van der Waals surface area contributed by atoms with E-state index in [0.717, 1.165) is 16.6 Å². The van der Waals surface area contributed by atoms with Crippen molar-refractivity contribution >= 4 is 16.6 Å². The van der Waals surface area contributed by atoms with Crippen LogP contribution in [0.4, 0.5) is 0 Å². The van der Waals surface area contributed by atoms with Gasteiger partial charge in [0.2, 0.25) is 0 Å². The summed E-state index contributed by atoms with van der Waals surface area (Å²) in [6.45, 7) is 0. The molecule has 4 rings (SSSR count). The van der Waals surface area contributed by atoms with Crippen LogP contribution in [0.3, 0.4) is 0 Å². The fourth-order valence-electron chi connectivity index (χ4n) is 2.32. The molecule has 0 aliphatic carbocycles. The van der Waals surface area contributed by atoms with Crippen molar-refractivity contribution in [3.63, 3.8) is 0 Å². The van der Waals surface area contributed by atoms with Crippen molar-refractivity contribution < 1.29 is 0 Å². The van der Waals surface area contributed by atoms with E-state index in [4.69, 9.17) is 0 Å². The molecule has 0 radical (unpaired) electrons. The van der Waals surface area contributed by atoms with Crippen LogP contribution < -0.4 is 5.69 Å². The van der Waals surface area contributed by atoms with E-state index in [1.165, 1.54) is 9.08 Å². The molecule has 4 aromatic rings. The minimum absolute atomic E-state index is 0.183. The SMILES string of the molecule is O=c1n(-c2ccccc2)nc2c3cccnc3ccn12. The van der Waals surface area contributed by atoms with E-state index in [0.29, 0.717) is 5.65 Å². The second kappa shape index (κ2) is 4.03. The van der Waals surface area contributed by atoms with E-state index < -0.39 is 0 Å². The Kier molecular flexibility index (Phi) is 2.20. The molecule has 0 aliphatic heterocycles. The van der Waals surface area contributed by atoms with E-state index >= 15 is 0 Å². The third-order valence-corrected chi connectivity index (χ3v) is 3.27. The average molecular weight is 262 g/mol. The van der Waals surface area contributed by atoms with Crippen molar-refractivity contribution in [3.05, 3.63) is 71.4 Å². The molecule has 0 aliphatic rings. The monoisotopic (exact) mass is 262 g/mol. The van der Waals surface area contributed by atoms with Crippen LogP contribution in [-0.2, 0) is 0 Å². The van der Waals surface area contributed by atoms with Crippen LogP contribution in [0.5, 0.6) is 0 Å². The van der Waals surface area contributed by atoms with Crippen LogP contribution in [0.15, 0.2) is 65.7 Å². The van der Waals surface area contributed by atoms with Gasteiger partial charge < -0.3 is 0 Å². The summed E-state index contributed by atoms with van der Waals surface area (Å²) in [7, 11) is 0. The molecule has 0 saturated carbocycles. The summed E-state index contributed by atoms with van der Waals surface area (Å²) < 4.78 is 2.94. The molecule has 0 fully saturated rings. The number of para-hydroxylation sites is 1. The average Bonchev–Trinajstić information content (AvgIpc) is 2.86. The Morgan fingerprint density at radius 3 is 2.65 bits per heavy atom. The van der Waals surface area contributed by atoms with Crippen molar-refractivity contribution in [1.82, 2.24) is 19.2 Å². The Labute approximate surface area is 113 Å². The lowest BCUT2D eigenvalue weighted by Gasteiger charge is -1.96. The Hall–Kier alpha value is -2.95. The van der Waals surface area contributed by atoms with Gasteiger partial charge >= 0.3 is 5.69 Å². The first-order valence-corrected chi connectivity index (χ1v) is 6.25. The van der Waals surface area contributed by atoms with Gasteiger partial charge in [-0.05, 0) is 30.3 Å². The maximum absolute atomic E-state index is 12.4. The number of nitrogens with zero attached hydrogens (tertiary/aromatic N) is 4. The predicted molar refractivity (Wildman–Crippen MR) is 76.1 cm³/mol. The van der Waals surface area contributed by atoms with Crippen LogP contribution in [0.2, 0.25) is 0 Å². The maximum atomic E-state index is 12.4. The van der Waals surface area contributed by atoms with Crippen molar-refractivity contribution in [2.24, 2.45) is 0 Å². The molecule has 3 aromatic heterocycles. The van der Waals surface area contributed by atoms with Crippen molar-refractivity contribution in [1.29, 1.82) is 0 Å². The Balaban J connectivity index is 2.13. The van der Waals surface area contributed by atoms with Gasteiger partial charge in [-0.25, -0.2) is 9.20 Å². The molecule has 0 amide bonds. The van der Waals surface area contributed by atoms with E-state index in [-0.39, 0.29) is 5.69 Å². The Bertz CT molecular complexity index is 969. The molecule has 3 heterocycles. The number of benzene rings is 1. The van der Waals surface area contributed by atoms with E-state index in [1.807, 2.05) is 48.5 Å². The van der Waals surface area contributed by atoms with Gasteiger partial charge in [-0.15, -0.1) is 5.10 Å². The molecule has 0 unspecified atom stereocenters. The summed E-state index contributed by atoms with van der Waals surface area (Å²) in [5.41, 5.74) is 2.00. The summed E-state index contributed by atoms with van der Waals surface area (Å²) in [5.74, 6) is 0. The molecular weight excluding hydrogens is 252 g/mol. The highest BCUT2D eigenvalue weighted by molar-refractivity contribution is 5.90. The predicted octanol–water partition coefficient (Wildman–Crippen LogP) is 2.03. The molecule has 0 bridgehead atoms. The van der Waals surface area contributed by atoms with Gasteiger partial charge in [0, 0.05) is 17.8 Å². The Morgan fingerprint density at radius 2 is 1.80 bits per heavy atom. The molecule has 5 nitrogen and oxygen atoms in total. The standard InChI is InChI=1S/C15H10N4O/c20-15-18-10-8-13-12(7-4-9-16-13)14(18)17-19(15)11-5-2-1-3-6-11/h1-10H. The van der Waals surface area contributed by atoms with E-state index in [1.54, 1.807) is 12.4 Å². The molecular formula is C15H10N4O. The molecule has 0 atom stereocenters. The number of aromatic nitrogens is 4. The van der Waals surface area contributed by atoms with Crippen molar-refractivity contribution in [2.75, 3.05) is 0 Å². The highest BCUT2D eigenvalue weighted by Gasteiger charge is 2.11. The minimum Gasteiger partial charge on any atom is -0.256 e. The molecule has 1 aromatic carbocycles. The molecule has 20 heavy (non-hydrogen) atoms. The van der Waals surface area contributed by atoms with Crippen molar-refractivity contribution in [3.8, 4) is 5.69 Å². The fourth-order valence-corrected chi connectivity index (χ4v) is 2.32. The second-order valence-corrected chi connectivity index (χ2v) is 4.48. The minimum atomic E-state index is -0.183. The summed E-state index contributed by atoms with van der Waals surface area (Å²) in [6.07, 6.45) is 3.44. The van der Waals surface area contributed by atoms with Gasteiger partial charge in [0.25, 0.3) is 0 Å². The first kappa shape index (κ1) is 10.9. The molecule has 96 valence electrons. The largest absolute Gasteiger partial charge is 0.355 e. The quantitative estimate of drug-likeness (QED) is 0.527. The van der Waals surface area contributed by atoms with Crippen LogP contribution in [0.25, 0.3) is 22.2 Å². The molecule has 0 spiro atoms. The highest BCUT2D eigenvalue weighted by atomic mass is 16.2. The zero-order valence-electron chi connectivity index (χ0n) is 10.5. The van der Waals surface area contributed by atoms with Gasteiger partial charge in [0.15, 0.2) is 5.65 Å². The van der Waals surface area contributed by atoms with Crippen LogP contribution in [-0.4, -0.2) is 19.2 Å². The molecule has 0 saturated heterocycles. The highest BCUT2D eigenvalue weighted by Crippen LogP contribution is 2.15. The lowest BCUT2D eigenvalue weighted by Crippen LogP contribution is -2.19. The number of pyridine rings is 2. The van der Waals surface area contributed by atoms with Crippen molar-refractivity contribution in [2.45, 2.75) is 0 Å². The Morgan fingerprint density at radius 1 is 0.950 bits per heavy atom. The third-order valence-electron chi connectivity index (χ3n) is 3.27. The zero-order valence-corrected chi connectivity index (χ0v) is 10.5.